The summed E-state index contributed by atoms with van der Waals surface area (Å²) >= 11 is 7.26. The lowest BCUT2D eigenvalue weighted by Crippen LogP contribution is -2.20. The van der Waals surface area contributed by atoms with Crippen LogP contribution in [-0.2, 0) is 4.79 Å². The number of halogens is 1. The largest absolute Gasteiger partial charge is 0.507 e. The lowest BCUT2D eigenvalue weighted by atomic mass is 10.2. The third-order valence-electron chi connectivity index (χ3n) is 4.41. The molecule has 0 saturated heterocycles. The van der Waals surface area contributed by atoms with Crippen molar-refractivity contribution >= 4 is 35.5 Å². The minimum atomic E-state index is -0.308. The van der Waals surface area contributed by atoms with Crippen LogP contribution in [0, 0.1) is 0 Å². The molecule has 0 aliphatic heterocycles. The Hall–Kier alpha value is -3.62. The Morgan fingerprint density at radius 3 is 2.50 bits per heavy atom. The Labute approximate surface area is 193 Å². The molecule has 0 spiro atoms. The van der Waals surface area contributed by atoms with Gasteiger partial charge >= 0.3 is 0 Å². The number of benzene rings is 3. The normalized spacial score (nSPS) is 11.0. The summed E-state index contributed by atoms with van der Waals surface area (Å²) in [7, 11) is 0. The Morgan fingerprint density at radius 2 is 1.75 bits per heavy atom. The minimum absolute atomic E-state index is 0.0870. The highest BCUT2D eigenvalue weighted by atomic mass is 35.5. The van der Waals surface area contributed by atoms with Crippen LogP contribution in [0.3, 0.4) is 0 Å². The smallest absolute Gasteiger partial charge is 0.250 e. The highest BCUT2D eigenvalue weighted by molar-refractivity contribution is 7.99. The molecule has 9 heteroatoms. The van der Waals surface area contributed by atoms with E-state index in [1.807, 2.05) is 47.0 Å². The fourth-order valence-electron chi connectivity index (χ4n) is 2.89. The Kier molecular flexibility index (Phi) is 6.84. The number of carbonyl (C=O) groups excluding carboxylic acids is 1. The van der Waals surface area contributed by atoms with E-state index in [-0.39, 0.29) is 17.4 Å². The monoisotopic (exact) mass is 463 g/mol. The average Bonchev–Trinajstić information content (AvgIpc) is 3.24. The molecule has 0 atom stereocenters. The fourth-order valence-corrected chi connectivity index (χ4v) is 3.76. The van der Waals surface area contributed by atoms with E-state index in [2.05, 4.69) is 20.7 Å². The molecule has 0 fully saturated rings. The number of aromatic hydroxyl groups is 1. The molecule has 1 heterocycles. The maximum absolute atomic E-state index is 12.3. The number of phenols is 1. The number of para-hydroxylation sites is 2. The molecular weight excluding hydrogens is 446 g/mol. The van der Waals surface area contributed by atoms with Gasteiger partial charge in [0.05, 0.1) is 12.0 Å². The number of hydrogen-bond acceptors (Lipinski definition) is 6. The van der Waals surface area contributed by atoms with Crippen molar-refractivity contribution in [2.75, 3.05) is 5.75 Å². The van der Waals surface area contributed by atoms with E-state index >= 15 is 0 Å². The second-order valence-corrected chi connectivity index (χ2v) is 8.00. The van der Waals surface area contributed by atoms with E-state index in [9.17, 15) is 9.90 Å². The molecule has 3 aromatic carbocycles. The van der Waals surface area contributed by atoms with E-state index < -0.39 is 0 Å². The summed E-state index contributed by atoms with van der Waals surface area (Å²) in [5.41, 5.74) is 4.70. The van der Waals surface area contributed by atoms with Crippen molar-refractivity contribution in [3.8, 4) is 22.8 Å². The summed E-state index contributed by atoms with van der Waals surface area (Å²) in [5, 5.41) is 23.5. The maximum atomic E-state index is 12.3. The molecule has 4 aromatic rings. The van der Waals surface area contributed by atoms with Gasteiger partial charge in [0, 0.05) is 21.8 Å². The topological polar surface area (TPSA) is 92.4 Å². The van der Waals surface area contributed by atoms with Crippen LogP contribution < -0.4 is 5.43 Å². The summed E-state index contributed by atoms with van der Waals surface area (Å²) in [6, 6.07) is 23.7. The zero-order valence-electron chi connectivity index (χ0n) is 16.7. The van der Waals surface area contributed by atoms with Gasteiger partial charge in [0.25, 0.3) is 5.91 Å². The van der Waals surface area contributed by atoms with Gasteiger partial charge in [0.1, 0.15) is 5.75 Å². The molecule has 7 nitrogen and oxygen atoms in total. The first kappa shape index (κ1) is 21.6. The van der Waals surface area contributed by atoms with Gasteiger partial charge in [0.15, 0.2) is 11.0 Å². The average molecular weight is 464 g/mol. The van der Waals surface area contributed by atoms with Gasteiger partial charge < -0.3 is 5.11 Å². The van der Waals surface area contributed by atoms with Crippen molar-refractivity contribution in [2.24, 2.45) is 5.10 Å². The van der Waals surface area contributed by atoms with Gasteiger partial charge in [-0.05, 0) is 48.5 Å². The second kappa shape index (κ2) is 10.1. The van der Waals surface area contributed by atoms with Crippen LogP contribution in [0.15, 0.2) is 89.1 Å². The summed E-state index contributed by atoms with van der Waals surface area (Å²) in [6.07, 6.45) is 1.39. The summed E-state index contributed by atoms with van der Waals surface area (Å²) in [5.74, 6) is 0.514. The maximum Gasteiger partial charge on any atom is 0.250 e. The number of amides is 1. The third-order valence-corrected chi connectivity index (χ3v) is 5.59. The minimum Gasteiger partial charge on any atom is -0.507 e. The lowest BCUT2D eigenvalue weighted by Gasteiger charge is -2.10. The zero-order chi connectivity index (χ0) is 22.3. The van der Waals surface area contributed by atoms with Gasteiger partial charge in [-0.25, -0.2) is 5.43 Å². The SMILES string of the molecule is O=C(CSc1nnc(-c2ccc(Cl)cc2)n1-c1ccccc1)NN=Cc1ccccc1O. The molecule has 2 N–H and O–H groups in total. The highest BCUT2D eigenvalue weighted by Crippen LogP contribution is 2.28. The van der Waals surface area contributed by atoms with Crippen LogP contribution >= 0.6 is 23.4 Å². The molecule has 0 aliphatic rings. The molecule has 4 rings (SSSR count). The van der Waals surface area contributed by atoms with Crippen LogP contribution in [-0.4, -0.2) is 37.7 Å². The summed E-state index contributed by atoms with van der Waals surface area (Å²) in [6.45, 7) is 0. The number of aromatic nitrogens is 3. The van der Waals surface area contributed by atoms with Gasteiger partial charge in [0.2, 0.25) is 0 Å². The number of carbonyl (C=O) groups is 1. The van der Waals surface area contributed by atoms with Gasteiger partial charge in [-0.3, -0.25) is 9.36 Å². The first-order valence-corrected chi connectivity index (χ1v) is 11.0. The van der Waals surface area contributed by atoms with Gasteiger partial charge in [-0.2, -0.15) is 5.10 Å². The number of rotatable bonds is 7. The van der Waals surface area contributed by atoms with Crippen LogP contribution in [0.4, 0.5) is 0 Å². The quantitative estimate of drug-likeness (QED) is 0.238. The van der Waals surface area contributed by atoms with Gasteiger partial charge in [-0.1, -0.05) is 53.7 Å². The van der Waals surface area contributed by atoms with Crippen LogP contribution in [0.1, 0.15) is 5.56 Å². The summed E-state index contributed by atoms with van der Waals surface area (Å²) < 4.78 is 1.90. The molecule has 160 valence electrons. The predicted molar refractivity (Wildman–Crippen MR) is 126 cm³/mol. The first-order chi connectivity index (χ1) is 15.6. The Morgan fingerprint density at radius 1 is 1.03 bits per heavy atom. The molecule has 0 aliphatic carbocycles. The molecule has 32 heavy (non-hydrogen) atoms. The van der Waals surface area contributed by atoms with Crippen molar-refractivity contribution in [1.29, 1.82) is 0 Å². The number of hydrogen-bond donors (Lipinski definition) is 2. The number of phenolic OH excluding ortho intramolecular Hbond substituents is 1. The number of nitrogens with zero attached hydrogens (tertiary/aromatic N) is 4. The third kappa shape index (κ3) is 5.16. The predicted octanol–water partition coefficient (Wildman–Crippen LogP) is 4.54. The standard InChI is InChI=1S/C23H18ClN5O2S/c24-18-12-10-16(11-13-18)22-27-28-23(29(22)19-7-2-1-3-8-19)32-15-21(31)26-25-14-17-6-4-5-9-20(17)30/h1-14,30H,15H2,(H,26,31). The Bertz CT molecular complexity index is 1240. The van der Waals surface area contributed by atoms with E-state index in [4.69, 9.17) is 11.6 Å². The lowest BCUT2D eigenvalue weighted by molar-refractivity contribution is -0.118. The first-order valence-electron chi connectivity index (χ1n) is 9.61. The van der Waals surface area contributed by atoms with Crippen molar-refractivity contribution in [3.63, 3.8) is 0 Å². The van der Waals surface area contributed by atoms with Crippen molar-refractivity contribution in [2.45, 2.75) is 5.16 Å². The van der Waals surface area contributed by atoms with E-state index in [1.165, 1.54) is 18.0 Å². The fraction of sp³-hybridized carbons (Fsp3) is 0.0435. The molecule has 0 unspecified atom stereocenters. The number of nitrogens with one attached hydrogen (secondary N) is 1. The molecule has 0 bridgehead atoms. The van der Waals surface area contributed by atoms with Crippen LogP contribution in [0.25, 0.3) is 17.1 Å². The second-order valence-electron chi connectivity index (χ2n) is 6.62. The Balaban J connectivity index is 1.50. The van der Waals surface area contributed by atoms with Crippen molar-refractivity contribution in [3.05, 3.63) is 89.4 Å². The van der Waals surface area contributed by atoms with Gasteiger partial charge in [-0.15, -0.1) is 10.2 Å². The zero-order valence-corrected chi connectivity index (χ0v) is 18.3. The molecule has 1 aromatic heterocycles. The van der Waals surface area contributed by atoms with Crippen molar-refractivity contribution < 1.29 is 9.90 Å². The molecule has 0 radical (unpaired) electrons. The van der Waals surface area contributed by atoms with Crippen LogP contribution in [0.5, 0.6) is 5.75 Å². The summed E-state index contributed by atoms with van der Waals surface area (Å²) in [4.78, 5) is 12.3. The van der Waals surface area contributed by atoms with Crippen molar-refractivity contribution in [1.82, 2.24) is 20.2 Å². The number of thioether (sulfide) groups is 1. The molecule has 0 saturated carbocycles. The molecular formula is C23H18ClN5O2S. The van der Waals surface area contributed by atoms with E-state index in [1.54, 1.807) is 36.4 Å². The highest BCUT2D eigenvalue weighted by Gasteiger charge is 2.17. The van der Waals surface area contributed by atoms with E-state index in [0.717, 1.165) is 11.3 Å². The van der Waals surface area contributed by atoms with Crippen LogP contribution in [0.2, 0.25) is 5.02 Å². The van der Waals surface area contributed by atoms with E-state index in [0.29, 0.717) is 21.6 Å². The molecule has 1 amide bonds. The number of hydrazone groups is 1.